The van der Waals surface area contributed by atoms with Crippen LogP contribution in [0.1, 0.15) is 34.5 Å². The molecular formula is C14H14O3. The normalized spacial score (nSPS) is 14.6. The Labute approximate surface area is 99.4 Å². The van der Waals surface area contributed by atoms with Gasteiger partial charge in [-0.25, -0.2) is 4.79 Å². The lowest BCUT2D eigenvalue weighted by Crippen LogP contribution is -2.01. The van der Waals surface area contributed by atoms with Crippen LogP contribution in [0.25, 0.3) is 11.0 Å². The van der Waals surface area contributed by atoms with Crippen molar-refractivity contribution in [3.8, 4) is 0 Å². The topological polar surface area (TPSA) is 39.4 Å². The molecule has 0 fully saturated rings. The summed E-state index contributed by atoms with van der Waals surface area (Å²) in [4.78, 5) is 11.7. The van der Waals surface area contributed by atoms with Crippen molar-refractivity contribution in [1.29, 1.82) is 0 Å². The van der Waals surface area contributed by atoms with E-state index in [1.54, 1.807) is 6.07 Å². The largest absolute Gasteiger partial charge is 0.465 e. The van der Waals surface area contributed by atoms with Gasteiger partial charge in [-0.2, -0.15) is 0 Å². The molecule has 0 atom stereocenters. The van der Waals surface area contributed by atoms with Gasteiger partial charge in [-0.1, -0.05) is 12.1 Å². The van der Waals surface area contributed by atoms with Crippen molar-refractivity contribution in [3.63, 3.8) is 0 Å². The minimum Gasteiger partial charge on any atom is -0.465 e. The molecule has 0 spiro atoms. The van der Waals surface area contributed by atoms with Crippen molar-refractivity contribution in [1.82, 2.24) is 0 Å². The molecule has 0 N–H and O–H groups in total. The molecule has 0 unspecified atom stereocenters. The summed E-state index contributed by atoms with van der Waals surface area (Å²) in [6.07, 6.45) is 4.39. The van der Waals surface area contributed by atoms with Crippen molar-refractivity contribution in [2.24, 2.45) is 0 Å². The van der Waals surface area contributed by atoms with Crippen LogP contribution in [0.4, 0.5) is 0 Å². The van der Waals surface area contributed by atoms with Crippen LogP contribution in [0.2, 0.25) is 0 Å². The Hall–Kier alpha value is -1.77. The summed E-state index contributed by atoms with van der Waals surface area (Å²) < 4.78 is 10.6. The van der Waals surface area contributed by atoms with E-state index in [0.29, 0.717) is 11.1 Å². The van der Waals surface area contributed by atoms with Gasteiger partial charge in [0, 0.05) is 17.4 Å². The summed E-state index contributed by atoms with van der Waals surface area (Å²) in [6.45, 7) is 0. The molecule has 2 aromatic rings. The molecule has 1 aliphatic carbocycles. The molecule has 1 aliphatic rings. The zero-order chi connectivity index (χ0) is 11.8. The van der Waals surface area contributed by atoms with Gasteiger partial charge in [-0.3, -0.25) is 0 Å². The molecule has 0 saturated carbocycles. The number of benzene rings is 1. The van der Waals surface area contributed by atoms with Crippen LogP contribution in [0.3, 0.4) is 0 Å². The number of carbonyl (C=O) groups excluding carboxylic acids is 1. The van der Waals surface area contributed by atoms with E-state index in [4.69, 9.17) is 9.15 Å². The van der Waals surface area contributed by atoms with E-state index >= 15 is 0 Å². The Morgan fingerprint density at radius 1 is 1.29 bits per heavy atom. The molecule has 17 heavy (non-hydrogen) atoms. The summed E-state index contributed by atoms with van der Waals surface area (Å²) in [5.74, 6) is 0.712. The lowest BCUT2D eigenvalue weighted by atomic mass is 9.95. The van der Waals surface area contributed by atoms with Crippen molar-refractivity contribution < 1.29 is 13.9 Å². The Morgan fingerprint density at radius 3 is 2.94 bits per heavy atom. The van der Waals surface area contributed by atoms with E-state index in [1.165, 1.54) is 25.5 Å². The monoisotopic (exact) mass is 230 g/mol. The second-order valence-corrected chi connectivity index (χ2v) is 4.38. The van der Waals surface area contributed by atoms with E-state index in [0.717, 1.165) is 24.0 Å². The number of rotatable bonds is 1. The first-order valence-corrected chi connectivity index (χ1v) is 5.93. The quantitative estimate of drug-likeness (QED) is 0.707. The molecule has 1 aromatic heterocycles. The van der Waals surface area contributed by atoms with E-state index < -0.39 is 0 Å². The molecule has 0 saturated heterocycles. The van der Waals surface area contributed by atoms with E-state index in [9.17, 15) is 4.79 Å². The third-order valence-corrected chi connectivity index (χ3v) is 3.39. The Kier molecular flexibility index (Phi) is 2.39. The highest BCUT2D eigenvalue weighted by Gasteiger charge is 2.21. The summed E-state index contributed by atoms with van der Waals surface area (Å²) in [7, 11) is 1.39. The fourth-order valence-corrected chi connectivity index (χ4v) is 2.55. The summed E-state index contributed by atoms with van der Waals surface area (Å²) in [5, 5.41) is 1.07. The van der Waals surface area contributed by atoms with Crippen molar-refractivity contribution in [2.75, 3.05) is 7.11 Å². The zero-order valence-corrected chi connectivity index (χ0v) is 9.79. The van der Waals surface area contributed by atoms with Crippen LogP contribution >= 0.6 is 0 Å². The second kappa shape index (κ2) is 3.91. The third-order valence-electron chi connectivity index (χ3n) is 3.39. The van der Waals surface area contributed by atoms with Crippen LogP contribution in [0, 0.1) is 0 Å². The maximum absolute atomic E-state index is 11.7. The van der Waals surface area contributed by atoms with Crippen LogP contribution < -0.4 is 0 Å². The average molecular weight is 230 g/mol. The highest BCUT2D eigenvalue weighted by Crippen LogP contribution is 2.33. The van der Waals surface area contributed by atoms with E-state index in [1.807, 2.05) is 12.1 Å². The smallest absolute Gasteiger partial charge is 0.341 e. The first kappa shape index (κ1) is 10.4. The standard InChI is InChI=1S/C14H14O3/c1-16-14(15)11-7-4-6-10-9-5-2-3-8-12(9)17-13(10)11/h4,6-7H,2-3,5,8H2,1H3. The predicted molar refractivity (Wildman–Crippen MR) is 64.2 cm³/mol. The van der Waals surface area contributed by atoms with Crippen LogP contribution in [0.5, 0.6) is 0 Å². The van der Waals surface area contributed by atoms with Crippen LogP contribution in [0.15, 0.2) is 22.6 Å². The molecule has 0 amide bonds. The molecule has 1 heterocycles. The number of aryl methyl sites for hydroxylation is 2. The SMILES string of the molecule is COC(=O)c1cccc2c3c(oc12)CCCC3. The first-order chi connectivity index (χ1) is 8.31. The van der Waals surface area contributed by atoms with Gasteiger partial charge in [0.25, 0.3) is 0 Å². The lowest BCUT2D eigenvalue weighted by Gasteiger charge is -2.08. The number of fused-ring (bicyclic) bond motifs is 3. The second-order valence-electron chi connectivity index (χ2n) is 4.38. The van der Waals surface area contributed by atoms with E-state index in [2.05, 4.69) is 0 Å². The Balaban J connectivity index is 2.26. The van der Waals surface area contributed by atoms with E-state index in [-0.39, 0.29) is 5.97 Å². The Morgan fingerprint density at radius 2 is 2.12 bits per heavy atom. The number of methoxy groups -OCH3 is 1. The van der Waals surface area contributed by atoms with Gasteiger partial charge >= 0.3 is 5.97 Å². The maximum Gasteiger partial charge on any atom is 0.341 e. The van der Waals surface area contributed by atoms with Crippen LogP contribution in [-0.4, -0.2) is 13.1 Å². The number of hydrogen-bond donors (Lipinski definition) is 0. The number of para-hydroxylation sites is 1. The summed E-state index contributed by atoms with van der Waals surface area (Å²) >= 11 is 0. The highest BCUT2D eigenvalue weighted by molar-refractivity contribution is 6.03. The lowest BCUT2D eigenvalue weighted by molar-refractivity contribution is 0.0601. The number of esters is 1. The molecule has 3 nitrogen and oxygen atoms in total. The van der Waals surface area contributed by atoms with Gasteiger partial charge in [-0.15, -0.1) is 0 Å². The number of furan rings is 1. The fourth-order valence-electron chi connectivity index (χ4n) is 2.55. The van der Waals surface area contributed by atoms with Gasteiger partial charge < -0.3 is 9.15 Å². The molecule has 0 radical (unpaired) electrons. The van der Waals surface area contributed by atoms with Gasteiger partial charge in [0.2, 0.25) is 0 Å². The van der Waals surface area contributed by atoms with Crippen molar-refractivity contribution in [3.05, 3.63) is 35.1 Å². The third kappa shape index (κ3) is 1.54. The summed E-state index contributed by atoms with van der Waals surface area (Å²) in [5.41, 5.74) is 2.49. The number of hydrogen-bond acceptors (Lipinski definition) is 3. The average Bonchev–Trinajstić information content (AvgIpc) is 2.76. The summed E-state index contributed by atoms with van der Waals surface area (Å²) in [6, 6.07) is 5.66. The molecule has 0 aliphatic heterocycles. The maximum atomic E-state index is 11.7. The van der Waals surface area contributed by atoms with Gasteiger partial charge in [-0.05, 0) is 25.3 Å². The van der Waals surface area contributed by atoms with Gasteiger partial charge in [0.1, 0.15) is 16.9 Å². The number of carbonyl (C=O) groups is 1. The molecule has 3 rings (SSSR count). The first-order valence-electron chi connectivity index (χ1n) is 5.93. The molecule has 88 valence electrons. The Bertz CT molecular complexity index is 580. The van der Waals surface area contributed by atoms with Crippen molar-refractivity contribution >= 4 is 16.9 Å². The highest BCUT2D eigenvalue weighted by atomic mass is 16.5. The molecule has 3 heteroatoms. The van der Waals surface area contributed by atoms with Crippen LogP contribution in [-0.2, 0) is 17.6 Å². The van der Waals surface area contributed by atoms with Crippen molar-refractivity contribution in [2.45, 2.75) is 25.7 Å². The molecule has 1 aromatic carbocycles. The minimum absolute atomic E-state index is 0.332. The zero-order valence-electron chi connectivity index (χ0n) is 9.79. The van der Waals surface area contributed by atoms with Gasteiger partial charge in [0.15, 0.2) is 0 Å². The van der Waals surface area contributed by atoms with Gasteiger partial charge in [0.05, 0.1) is 7.11 Å². The fraction of sp³-hybridized carbons (Fsp3) is 0.357. The minimum atomic E-state index is -0.332. The number of ether oxygens (including phenoxy) is 1. The molecule has 0 bridgehead atoms. The predicted octanol–water partition coefficient (Wildman–Crippen LogP) is 3.10. The molecular weight excluding hydrogens is 216 g/mol.